The molecule has 0 spiro atoms. The number of hydrogen-bond donors (Lipinski definition) is 1. The largest absolute Gasteiger partial charge is 0.444 e. The van der Waals surface area contributed by atoms with Gasteiger partial charge in [-0.2, -0.15) is 4.98 Å². The van der Waals surface area contributed by atoms with Crippen LogP contribution in [-0.2, 0) is 4.74 Å². The first-order valence-corrected chi connectivity index (χ1v) is 10.3. The van der Waals surface area contributed by atoms with Crippen LogP contribution in [0.2, 0.25) is 0 Å². The van der Waals surface area contributed by atoms with Crippen molar-refractivity contribution in [1.29, 1.82) is 0 Å². The van der Waals surface area contributed by atoms with Gasteiger partial charge in [-0.25, -0.2) is 9.59 Å². The van der Waals surface area contributed by atoms with E-state index >= 15 is 0 Å². The van der Waals surface area contributed by atoms with Gasteiger partial charge in [0.25, 0.3) is 5.89 Å². The zero-order chi connectivity index (χ0) is 21.3. The summed E-state index contributed by atoms with van der Waals surface area (Å²) >= 11 is 0. The molecule has 1 aliphatic carbocycles. The van der Waals surface area contributed by atoms with Crippen molar-refractivity contribution in [1.82, 2.24) is 19.9 Å². The Balaban J connectivity index is 1.32. The molecule has 1 saturated heterocycles. The van der Waals surface area contributed by atoms with Crippen molar-refractivity contribution in [2.24, 2.45) is 0 Å². The van der Waals surface area contributed by atoms with Crippen molar-refractivity contribution in [2.75, 3.05) is 31.5 Å². The molecule has 9 nitrogen and oxygen atoms in total. The van der Waals surface area contributed by atoms with Gasteiger partial charge in [0.15, 0.2) is 5.82 Å². The highest BCUT2D eigenvalue weighted by molar-refractivity contribution is 5.90. The van der Waals surface area contributed by atoms with Crippen LogP contribution in [0.4, 0.5) is 15.3 Å². The summed E-state index contributed by atoms with van der Waals surface area (Å²) in [6, 6.07) is 7.14. The maximum Gasteiger partial charge on any atom is 0.410 e. The van der Waals surface area contributed by atoms with Crippen LogP contribution in [0.5, 0.6) is 0 Å². The molecule has 1 aromatic carbocycles. The van der Waals surface area contributed by atoms with Gasteiger partial charge in [0.1, 0.15) is 5.60 Å². The lowest BCUT2D eigenvalue weighted by molar-refractivity contribution is 0.0174. The van der Waals surface area contributed by atoms with Gasteiger partial charge >= 0.3 is 12.1 Å². The fraction of sp³-hybridized carbons (Fsp3) is 0.524. The number of aromatic nitrogens is 2. The number of piperazine rings is 1. The normalized spacial score (nSPS) is 17.0. The Kier molecular flexibility index (Phi) is 5.36. The van der Waals surface area contributed by atoms with E-state index in [-0.39, 0.29) is 12.1 Å². The van der Waals surface area contributed by atoms with Gasteiger partial charge in [-0.1, -0.05) is 11.2 Å². The number of urea groups is 1. The number of carbonyl (C=O) groups is 2. The molecular formula is C21H27N5O4. The molecule has 0 atom stereocenters. The van der Waals surface area contributed by atoms with Crippen LogP contribution in [-0.4, -0.2) is 63.8 Å². The van der Waals surface area contributed by atoms with E-state index < -0.39 is 5.60 Å². The van der Waals surface area contributed by atoms with Gasteiger partial charge in [0.05, 0.1) is 0 Å². The van der Waals surface area contributed by atoms with E-state index in [1.807, 2.05) is 45.0 Å². The van der Waals surface area contributed by atoms with Crippen LogP contribution in [0.15, 0.2) is 28.8 Å². The number of nitrogens with zero attached hydrogens (tertiary/aromatic N) is 4. The number of ether oxygens (including phenoxy) is 1. The van der Waals surface area contributed by atoms with Crippen molar-refractivity contribution in [3.05, 3.63) is 30.1 Å². The van der Waals surface area contributed by atoms with Crippen LogP contribution < -0.4 is 5.32 Å². The van der Waals surface area contributed by atoms with Gasteiger partial charge in [-0.15, -0.1) is 0 Å². The average Bonchev–Trinajstić information content (AvgIpc) is 3.43. The molecule has 2 heterocycles. The maximum absolute atomic E-state index is 12.7. The molecular weight excluding hydrogens is 386 g/mol. The van der Waals surface area contributed by atoms with Gasteiger partial charge in [0.2, 0.25) is 0 Å². The predicted octanol–water partition coefficient (Wildman–Crippen LogP) is 3.70. The van der Waals surface area contributed by atoms with Crippen molar-refractivity contribution in [2.45, 2.75) is 45.1 Å². The van der Waals surface area contributed by atoms with E-state index in [4.69, 9.17) is 9.26 Å². The molecule has 4 rings (SSSR count). The fourth-order valence-electron chi connectivity index (χ4n) is 3.21. The quantitative estimate of drug-likeness (QED) is 0.823. The number of amides is 3. The summed E-state index contributed by atoms with van der Waals surface area (Å²) in [6.07, 6.45) is 1.87. The predicted molar refractivity (Wildman–Crippen MR) is 110 cm³/mol. The zero-order valence-corrected chi connectivity index (χ0v) is 17.6. The minimum Gasteiger partial charge on any atom is -0.444 e. The molecule has 1 saturated carbocycles. The van der Waals surface area contributed by atoms with Crippen LogP contribution in [0.3, 0.4) is 0 Å². The van der Waals surface area contributed by atoms with Gasteiger partial charge in [0, 0.05) is 43.3 Å². The van der Waals surface area contributed by atoms with E-state index in [9.17, 15) is 9.59 Å². The second-order valence-electron chi connectivity index (χ2n) is 8.70. The summed E-state index contributed by atoms with van der Waals surface area (Å²) in [5.74, 6) is 1.63. The molecule has 1 aromatic heterocycles. The Labute approximate surface area is 175 Å². The van der Waals surface area contributed by atoms with Gasteiger partial charge in [-0.05, 0) is 51.8 Å². The van der Waals surface area contributed by atoms with Crippen LogP contribution in [0.25, 0.3) is 11.5 Å². The Bertz CT molecular complexity index is 923. The molecule has 0 unspecified atom stereocenters. The molecule has 1 N–H and O–H groups in total. The minimum absolute atomic E-state index is 0.208. The highest BCUT2D eigenvalue weighted by Gasteiger charge is 2.29. The molecule has 0 bridgehead atoms. The lowest BCUT2D eigenvalue weighted by atomic mass is 10.2. The van der Waals surface area contributed by atoms with E-state index in [2.05, 4.69) is 15.5 Å². The molecule has 2 aromatic rings. The number of rotatable bonds is 3. The molecule has 3 amide bonds. The summed E-state index contributed by atoms with van der Waals surface area (Å²) < 4.78 is 10.8. The summed E-state index contributed by atoms with van der Waals surface area (Å²) in [5, 5.41) is 6.95. The molecule has 9 heteroatoms. The smallest absolute Gasteiger partial charge is 0.410 e. The lowest BCUT2D eigenvalue weighted by Gasteiger charge is -2.35. The highest BCUT2D eigenvalue weighted by atomic mass is 16.6. The zero-order valence-electron chi connectivity index (χ0n) is 17.6. The van der Waals surface area contributed by atoms with Crippen molar-refractivity contribution >= 4 is 17.8 Å². The molecule has 30 heavy (non-hydrogen) atoms. The highest BCUT2D eigenvalue weighted by Crippen LogP contribution is 2.39. The van der Waals surface area contributed by atoms with E-state index in [0.717, 1.165) is 24.2 Å². The first-order valence-electron chi connectivity index (χ1n) is 10.3. The van der Waals surface area contributed by atoms with Crippen LogP contribution in [0.1, 0.15) is 45.4 Å². The van der Waals surface area contributed by atoms with Crippen molar-refractivity contribution in [3.63, 3.8) is 0 Å². The summed E-state index contributed by atoms with van der Waals surface area (Å²) in [5.41, 5.74) is 0.884. The monoisotopic (exact) mass is 413 g/mol. The first kappa shape index (κ1) is 20.2. The third-order valence-corrected chi connectivity index (χ3v) is 4.96. The fourth-order valence-corrected chi connectivity index (χ4v) is 3.21. The molecule has 1 aliphatic heterocycles. The Morgan fingerprint density at radius 3 is 2.50 bits per heavy atom. The Hall–Kier alpha value is -3.10. The summed E-state index contributed by atoms with van der Waals surface area (Å²) in [7, 11) is 0. The van der Waals surface area contributed by atoms with Crippen LogP contribution in [0, 0.1) is 0 Å². The molecule has 160 valence electrons. The number of carbonyl (C=O) groups excluding carboxylic acids is 2. The number of benzene rings is 1. The topological polar surface area (TPSA) is 101 Å². The standard InChI is InChI=1S/C21H27N5O4/c1-21(2,3)29-20(28)26-11-9-25(10-12-26)19(27)22-16-6-4-5-15(13-16)18-23-17(24-30-18)14-7-8-14/h4-6,13-14H,7-12H2,1-3H3,(H,22,27). The Morgan fingerprint density at radius 2 is 1.83 bits per heavy atom. The SMILES string of the molecule is CC(C)(C)OC(=O)N1CCN(C(=O)Nc2cccc(-c3nc(C4CC4)no3)c2)CC1. The molecule has 2 aliphatic rings. The van der Waals surface area contributed by atoms with Crippen LogP contribution >= 0.6 is 0 Å². The van der Waals surface area contributed by atoms with Crippen molar-refractivity contribution < 1.29 is 18.8 Å². The number of hydrogen-bond acceptors (Lipinski definition) is 6. The van der Waals surface area contributed by atoms with E-state index in [0.29, 0.717) is 43.7 Å². The Morgan fingerprint density at radius 1 is 1.13 bits per heavy atom. The number of nitrogens with one attached hydrogen (secondary N) is 1. The van der Waals surface area contributed by atoms with Gasteiger partial charge < -0.3 is 24.4 Å². The van der Waals surface area contributed by atoms with Gasteiger partial charge in [-0.3, -0.25) is 0 Å². The summed E-state index contributed by atoms with van der Waals surface area (Å²) in [6.45, 7) is 7.28. The van der Waals surface area contributed by atoms with E-state index in [1.165, 1.54) is 0 Å². The molecule has 0 radical (unpaired) electrons. The third-order valence-electron chi connectivity index (χ3n) is 4.96. The minimum atomic E-state index is -0.533. The van der Waals surface area contributed by atoms with E-state index in [1.54, 1.807) is 9.80 Å². The third kappa shape index (κ3) is 4.90. The lowest BCUT2D eigenvalue weighted by Crippen LogP contribution is -2.52. The summed E-state index contributed by atoms with van der Waals surface area (Å²) in [4.78, 5) is 32.6. The second kappa shape index (κ2) is 7.97. The second-order valence-corrected chi connectivity index (χ2v) is 8.70. The first-order chi connectivity index (χ1) is 14.3. The van der Waals surface area contributed by atoms with Crippen molar-refractivity contribution in [3.8, 4) is 11.5 Å². The number of anilines is 1. The molecule has 2 fully saturated rings. The average molecular weight is 413 g/mol. The maximum atomic E-state index is 12.7.